The SMILES string of the molecule is CCOC(=O)C12C[C@H](CC(C)CCOC)CN(CCc3c1[nH]c1ccccc31)C2C. The highest BCUT2D eigenvalue weighted by atomic mass is 16.5. The first-order valence-corrected chi connectivity index (χ1v) is 11.5. The van der Waals surface area contributed by atoms with Gasteiger partial charge in [-0.05, 0) is 63.0 Å². The summed E-state index contributed by atoms with van der Waals surface area (Å²) in [4.78, 5) is 19.9. The number of H-pyrrole nitrogens is 1. The van der Waals surface area contributed by atoms with Crippen LogP contribution in [0.5, 0.6) is 0 Å². The van der Waals surface area contributed by atoms with E-state index in [9.17, 15) is 4.79 Å². The Kier molecular flexibility index (Phi) is 6.21. The number of aromatic amines is 1. The predicted octanol–water partition coefficient (Wildman–Crippen LogP) is 4.30. The van der Waals surface area contributed by atoms with E-state index in [4.69, 9.17) is 9.47 Å². The topological polar surface area (TPSA) is 54.6 Å². The lowest BCUT2D eigenvalue weighted by molar-refractivity contribution is -0.157. The minimum Gasteiger partial charge on any atom is -0.465 e. The smallest absolute Gasteiger partial charge is 0.319 e. The summed E-state index contributed by atoms with van der Waals surface area (Å²) in [5.74, 6) is 0.981. The predicted molar refractivity (Wildman–Crippen MR) is 120 cm³/mol. The molecule has 1 aromatic carbocycles. The van der Waals surface area contributed by atoms with Gasteiger partial charge in [-0.3, -0.25) is 9.69 Å². The number of piperidine rings is 1. The molecule has 2 aromatic rings. The van der Waals surface area contributed by atoms with Crippen LogP contribution in [0, 0.1) is 11.8 Å². The van der Waals surface area contributed by atoms with Crippen LogP contribution < -0.4 is 0 Å². The number of aromatic nitrogens is 1. The lowest BCUT2D eigenvalue weighted by Crippen LogP contribution is -2.60. The molecule has 4 unspecified atom stereocenters. The molecule has 4 rings (SSSR count). The Labute approximate surface area is 180 Å². The molecule has 30 heavy (non-hydrogen) atoms. The van der Waals surface area contributed by atoms with E-state index in [1.165, 1.54) is 10.9 Å². The number of hydrogen-bond donors (Lipinski definition) is 1. The van der Waals surface area contributed by atoms with E-state index in [1.807, 2.05) is 6.92 Å². The number of carbonyl (C=O) groups is 1. The standard InChI is InChI=1S/C25H36N2O3/c1-5-30-24(28)25-15-19(14-17(2)11-13-29-4)16-27(18(25)3)12-10-21-20-8-6-7-9-22(20)26-23(21)25/h6-9,17-19,26H,5,10-16H2,1-4H3/t17?,18?,19-,25?/m0/s1. The van der Waals surface area contributed by atoms with Crippen molar-refractivity contribution >= 4 is 16.9 Å². The number of esters is 1. The van der Waals surface area contributed by atoms with E-state index in [2.05, 4.69) is 48.0 Å². The zero-order chi connectivity index (χ0) is 21.3. The van der Waals surface area contributed by atoms with Gasteiger partial charge in [0.15, 0.2) is 0 Å². The molecule has 0 radical (unpaired) electrons. The van der Waals surface area contributed by atoms with Gasteiger partial charge >= 0.3 is 5.97 Å². The quantitative estimate of drug-likeness (QED) is 0.689. The van der Waals surface area contributed by atoms with Crippen LogP contribution in [-0.4, -0.2) is 55.3 Å². The highest BCUT2D eigenvalue weighted by Crippen LogP contribution is 2.48. The zero-order valence-corrected chi connectivity index (χ0v) is 18.9. The fraction of sp³-hybridized carbons (Fsp3) is 0.640. The van der Waals surface area contributed by atoms with Gasteiger partial charge in [0.05, 0.1) is 6.61 Å². The maximum Gasteiger partial charge on any atom is 0.319 e. The highest BCUT2D eigenvalue weighted by molar-refractivity contribution is 5.91. The van der Waals surface area contributed by atoms with Crippen LogP contribution in [0.15, 0.2) is 24.3 Å². The maximum atomic E-state index is 13.6. The number of carbonyl (C=O) groups excluding carboxylic acids is 1. The first-order valence-electron chi connectivity index (χ1n) is 11.5. The van der Waals surface area contributed by atoms with Crippen LogP contribution in [0.4, 0.5) is 0 Å². The van der Waals surface area contributed by atoms with Gasteiger partial charge in [-0.25, -0.2) is 0 Å². The summed E-state index contributed by atoms with van der Waals surface area (Å²) in [5.41, 5.74) is 2.90. The molecule has 2 bridgehead atoms. The molecule has 0 saturated carbocycles. The van der Waals surface area contributed by atoms with Gasteiger partial charge in [-0.2, -0.15) is 0 Å². The van der Waals surface area contributed by atoms with Crippen molar-refractivity contribution in [2.24, 2.45) is 11.8 Å². The van der Waals surface area contributed by atoms with Gasteiger partial charge in [0, 0.05) is 49.4 Å². The van der Waals surface area contributed by atoms with Crippen molar-refractivity contribution in [3.63, 3.8) is 0 Å². The Hall–Kier alpha value is -1.85. The van der Waals surface area contributed by atoms with Gasteiger partial charge < -0.3 is 14.5 Å². The van der Waals surface area contributed by atoms with Crippen LogP contribution in [-0.2, 0) is 26.1 Å². The number of para-hydroxylation sites is 1. The molecule has 1 saturated heterocycles. The molecule has 2 aliphatic heterocycles. The molecule has 0 amide bonds. The van der Waals surface area contributed by atoms with Crippen molar-refractivity contribution in [1.82, 2.24) is 9.88 Å². The average molecular weight is 413 g/mol. The molecule has 2 aliphatic rings. The van der Waals surface area contributed by atoms with E-state index in [0.29, 0.717) is 18.4 Å². The maximum absolute atomic E-state index is 13.6. The van der Waals surface area contributed by atoms with Crippen molar-refractivity contribution in [3.05, 3.63) is 35.5 Å². The number of nitrogens with zero attached hydrogens (tertiary/aromatic N) is 1. The number of hydrogen-bond acceptors (Lipinski definition) is 4. The van der Waals surface area contributed by atoms with E-state index < -0.39 is 5.41 Å². The number of benzene rings is 1. The van der Waals surface area contributed by atoms with Gasteiger partial charge in [0.2, 0.25) is 0 Å². The van der Waals surface area contributed by atoms with Crippen LogP contribution >= 0.6 is 0 Å². The molecule has 3 heterocycles. The van der Waals surface area contributed by atoms with Crippen molar-refractivity contribution < 1.29 is 14.3 Å². The van der Waals surface area contributed by atoms with Crippen LogP contribution in [0.2, 0.25) is 0 Å². The largest absolute Gasteiger partial charge is 0.465 e. The lowest BCUT2D eigenvalue weighted by Gasteiger charge is -2.48. The van der Waals surface area contributed by atoms with Crippen LogP contribution in [0.25, 0.3) is 10.9 Å². The van der Waals surface area contributed by atoms with E-state index in [-0.39, 0.29) is 12.0 Å². The Bertz CT molecular complexity index is 892. The first kappa shape index (κ1) is 21.4. The second-order valence-electron chi connectivity index (χ2n) is 9.33. The van der Waals surface area contributed by atoms with Gasteiger partial charge in [0.1, 0.15) is 5.41 Å². The summed E-state index contributed by atoms with van der Waals surface area (Å²) in [6, 6.07) is 8.58. The molecule has 1 N–H and O–H groups in total. The third kappa shape index (κ3) is 3.56. The summed E-state index contributed by atoms with van der Waals surface area (Å²) < 4.78 is 11.0. The average Bonchev–Trinajstić information content (AvgIpc) is 3.09. The van der Waals surface area contributed by atoms with E-state index >= 15 is 0 Å². The molecule has 0 spiro atoms. The van der Waals surface area contributed by atoms with Crippen molar-refractivity contribution in [2.75, 3.05) is 33.4 Å². The van der Waals surface area contributed by atoms with Crippen LogP contribution in [0.1, 0.15) is 51.3 Å². The summed E-state index contributed by atoms with van der Waals surface area (Å²) in [6.07, 6.45) is 3.99. The number of methoxy groups -OCH3 is 1. The summed E-state index contributed by atoms with van der Waals surface area (Å²) in [5, 5.41) is 1.25. The number of nitrogens with one attached hydrogen (secondary N) is 1. The molecule has 5 heteroatoms. The Morgan fingerprint density at radius 2 is 2.17 bits per heavy atom. The fourth-order valence-electron chi connectivity index (χ4n) is 5.96. The van der Waals surface area contributed by atoms with Crippen LogP contribution in [0.3, 0.4) is 0 Å². The third-order valence-corrected chi connectivity index (χ3v) is 7.46. The normalized spacial score (nSPS) is 29.3. The molecule has 5 nitrogen and oxygen atoms in total. The second kappa shape index (κ2) is 8.72. The zero-order valence-electron chi connectivity index (χ0n) is 18.9. The first-order chi connectivity index (χ1) is 14.5. The van der Waals surface area contributed by atoms with Gasteiger partial charge in [-0.15, -0.1) is 0 Å². The number of ether oxygens (including phenoxy) is 2. The minimum atomic E-state index is -0.634. The second-order valence-corrected chi connectivity index (χ2v) is 9.33. The van der Waals surface area contributed by atoms with Crippen molar-refractivity contribution in [3.8, 4) is 0 Å². The minimum absolute atomic E-state index is 0.0635. The molecule has 0 aliphatic carbocycles. The third-order valence-electron chi connectivity index (χ3n) is 7.46. The van der Waals surface area contributed by atoms with Crippen molar-refractivity contribution in [2.45, 2.75) is 57.9 Å². The van der Waals surface area contributed by atoms with E-state index in [1.54, 1.807) is 7.11 Å². The molecule has 1 fully saturated rings. The lowest BCUT2D eigenvalue weighted by atomic mass is 9.66. The summed E-state index contributed by atoms with van der Waals surface area (Å²) in [6.45, 7) is 9.69. The van der Waals surface area contributed by atoms with Gasteiger partial charge in [0.25, 0.3) is 0 Å². The summed E-state index contributed by atoms with van der Waals surface area (Å²) >= 11 is 0. The Balaban J connectivity index is 1.78. The fourth-order valence-corrected chi connectivity index (χ4v) is 5.96. The van der Waals surface area contributed by atoms with E-state index in [0.717, 1.165) is 56.6 Å². The highest BCUT2D eigenvalue weighted by Gasteiger charge is 2.56. The van der Waals surface area contributed by atoms with Gasteiger partial charge in [-0.1, -0.05) is 25.1 Å². The van der Waals surface area contributed by atoms with Crippen molar-refractivity contribution in [1.29, 1.82) is 0 Å². The molecule has 1 aromatic heterocycles. The molecule has 164 valence electrons. The Morgan fingerprint density at radius 1 is 1.37 bits per heavy atom. The molecular weight excluding hydrogens is 376 g/mol. The molecular formula is C25H36N2O3. The Morgan fingerprint density at radius 3 is 2.93 bits per heavy atom. The number of rotatable bonds is 7. The monoisotopic (exact) mass is 412 g/mol. The molecule has 5 atom stereocenters. The number of fused-ring (bicyclic) bond motifs is 6. The summed E-state index contributed by atoms with van der Waals surface area (Å²) in [7, 11) is 1.77.